The molecule has 0 bridgehead atoms. The minimum absolute atomic E-state index is 0.204. The van der Waals surface area contributed by atoms with Gasteiger partial charge in [0.2, 0.25) is 0 Å². The van der Waals surface area contributed by atoms with Crippen LogP contribution in [-0.4, -0.2) is 17.0 Å². The van der Waals surface area contributed by atoms with Gasteiger partial charge in [0.1, 0.15) is 0 Å². The maximum atomic E-state index is 12.4. The van der Waals surface area contributed by atoms with E-state index in [1.165, 1.54) is 12.1 Å². The van der Waals surface area contributed by atoms with E-state index in [0.717, 1.165) is 0 Å². The molecule has 0 aliphatic rings. The second-order valence-electron chi connectivity index (χ2n) is 4.27. The van der Waals surface area contributed by atoms with Gasteiger partial charge >= 0.3 is 5.97 Å². The number of hydrogen-bond acceptors (Lipinski definition) is 2. The SMILES string of the molecule is O=C(O)c1c(Cl)c(Cl)c(Cl)c(Cl)c1C(=O)Nc1ccc(Cl)cc1. The van der Waals surface area contributed by atoms with E-state index in [2.05, 4.69) is 5.32 Å². The quantitative estimate of drug-likeness (QED) is 0.486. The molecule has 9 heteroatoms. The van der Waals surface area contributed by atoms with Crippen LogP contribution in [-0.2, 0) is 0 Å². The Labute approximate surface area is 155 Å². The third-order valence-electron chi connectivity index (χ3n) is 2.81. The molecule has 0 fully saturated rings. The number of carbonyl (C=O) groups excluding carboxylic acids is 1. The molecule has 120 valence electrons. The van der Waals surface area contributed by atoms with Crippen LogP contribution in [0.2, 0.25) is 25.1 Å². The summed E-state index contributed by atoms with van der Waals surface area (Å²) < 4.78 is 0. The first-order valence-electron chi connectivity index (χ1n) is 5.90. The zero-order chi connectivity index (χ0) is 17.3. The molecule has 0 aromatic heterocycles. The van der Waals surface area contributed by atoms with E-state index in [0.29, 0.717) is 10.7 Å². The summed E-state index contributed by atoms with van der Waals surface area (Å²) in [5.74, 6) is -2.26. The molecule has 4 nitrogen and oxygen atoms in total. The van der Waals surface area contributed by atoms with Crippen LogP contribution in [0.3, 0.4) is 0 Å². The number of carbonyl (C=O) groups is 2. The lowest BCUT2D eigenvalue weighted by Gasteiger charge is -2.14. The van der Waals surface area contributed by atoms with Crippen molar-refractivity contribution < 1.29 is 14.7 Å². The van der Waals surface area contributed by atoms with E-state index in [4.69, 9.17) is 58.0 Å². The summed E-state index contributed by atoms with van der Waals surface area (Å²) in [4.78, 5) is 23.8. The molecular formula is C14H6Cl5NO3. The molecule has 0 aliphatic heterocycles. The van der Waals surface area contributed by atoms with Crippen LogP contribution >= 0.6 is 58.0 Å². The number of aromatic carboxylic acids is 1. The molecule has 0 spiro atoms. The fraction of sp³-hybridized carbons (Fsp3) is 0. The van der Waals surface area contributed by atoms with Gasteiger partial charge in [-0.3, -0.25) is 4.79 Å². The summed E-state index contributed by atoms with van der Waals surface area (Å²) in [6.07, 6.45) is 0. The standard InChI is InChI=1S/C14H6Cl5NO3/c15-5-1-3-6(4-2-5)20-13(21)7-8(14(22)23)10(17)12(19)11(18)9(7)16/h1-4H,(H,20,21)(H,22,23). The second kappa shape index (κ2) is 7.16. The highest BCUT2D eigenvalue weighted by Gasteiger charge is 2.28. The highest BCUT2D eigenvalue weighted by Crippen LogP contribution is 2.41. The van der Waals surface area contributed by atoms with Crippen molar-refractivity contribution >= 4 is 75.6 Å². The lowest BCUT2D eigenvalue weighted by Crippen LogP contribution is -2.18. The van der Waals surface area contributed by atoms with Gasteiger partial charge < -0.3 is 10.4 Å². The Hall–Kier alpha value is -1.17. The minimum atomic E-state index is -1.46. The highest BCUT2D eigenvalue weighted by molar-refractivity contribution is 6.54. The fourth-order valence-electron chi connectivity index (χ4n) is 1.77. The van der Waals surface area contributed by atoms with Crippen molar-refractivity contribution in [2.24, 2.45) is 0 Å². The molecule has 23 heavy (non-hydrogen) atoms. The predicted molar refractivity (Wildman–Crippen MR) is 92.8 cm³/mol. The normalized spacial score (nSPS) is 10.5. The third-order valence-corrected chi connectivity index (χ3v) is 4.86. The van der Waals surface area contributed by atoms with Crippen molar-refractivity contribution in [1.82, 2.24) is 0 Å². The number of benzene rings is 2. The van der Waals surface area contributed by atoms with E-state index in [9.17, 15) is 14.7 Å². The minimum Gasteiger partial charge on any atom is -0.478 e. The van der Waals surface area contributed by atoms with Crippen molar-refractivity contribution in [2.75, 3.05) is 5.32 Å². The molecule has 2 N–H and O–H groups in total. The Morgan fingerprint density at radius 2 is 1.26 bits per heavy atom. The van der Waals surface area contributed by atoms with Gasteiger partial charge in [-0.15, -0.1) is 0 Å². The number of carboxylic acids is 1. The smallest absolute Gasteiger partial charge is 0.338 e. The van der Waals surface area contributed by atoms with Crippen molar-refractivity contribution in [3.63, 3.8) is 0 Å². The van der Waals surface area contributed by atoms with E-state index in [1.807, 2.05) is 0 Å². The molecule has 0 saturated heterocycles. The number of amides is 1. The van der Waals surface area contributed by atoms with Crippen LogP contribution in [0.5, 0.6) is 0 Å². The molecule has 0 aliphatic carbocycles. The summed E-state index contributed by atoms with van der Waals surface area (Å²) in [5.41, 5.74) is -0.528. The monoisotopic (exact) mass is 411 g/mol. The topological polar surface area (TPSA) is 66.4 Å². The Morgan fingerprint density at radius 1 is 0.783 bits per heavy atom. The summed E-state index contributed by atoms with van der Waals surface area (Å²) in [5, 5.41) is 11.2. The predicted octanol–water partition coefficient (Wildman–Crippen LogP) is 5.90. The Bertz CT molecular complexity index is 805. The maximum absolute atomic E-state index is 12.4. The lowest BCUT2D eigenvalue weighted by molar-refractivity contribution is 0.0692. The Morgan fingerprint density at radius 3 is 1.74 bits per heavy atom. The number of carboxylic acid groups (broad SMARTS) is 1. The average Bonchev–Trinajstić information content (AvgIpc) is 2.50. The first-order valence-corrected chi connectivity index (χ1v) is 7.79. The van der Waals surface area contributed by atoms with Crippen LogP contribution in [0.25, 0.3) is 0 Å². The van der Waals surface area contributed by atoms with Gasteiger partial charge in [0, 0.05) is 10.7 Å². The Balaban J connectivity index is 2.55. The van der Waals surface area contributed by atoms with Crippen LogP contribution in [0, 0.1) is 0 Å². The molecular weight excluding hydrogens is 407 g/mol. The zero-order valence-electron chi connectivity index (χ0n) is 11.0. The number of anilines is 1. The third kappa shape index (κ3) is 3.67. The summed E-state index contributed by atoms with van der Waals surface area (Å²) in [7, 11) is 0. The fourth-order valence-corrected chi connectivity index (χ4v) is 2.92. The number of nitrogens with one attached hydrogen (secondary N) is 1. The highest BCUT2D eigenvalue weighted by atomic mass is 35.5. The molecule has 2 aromatic rings. The van der Waals surface area contributed by atoms with Gasteiger partial charge in [0.15, 0.2) is 0 Å². The van der Waals surface area contributed by atoms with Crippen molar-refractivity contribution in [3.8, 4) is 0 Å². The number of rotatable bonds is 3. The molecule has 0 unspecified atom stereocenters. The van der Waals surface area contributed by atoms with Crippen molar-refractivity contribution in [2.45, 2.75) is 0 Å². The lowest BCUT2D eigenvalue weighted by atomic mass is 10.1. The van der Waals surface area contributed by atoms with E-state index >= 15 is 0 Å². The van der Waals surface area contributed by atoms with E-state index in [-0.39, 0.29) is 25.7 Å². The van der Waals surface area contributed by atoms with Crippen LogP contribution in [0.1, 0.15) is 20.7 Å². The average molecular weight is 413 g/mol. The van der Waals surface area contributed by atoms with Gasteiger partial charge in [-0.2, -0.15) is 0 Å². The molecule has 0 atom stereocenters. The number of hydrogen-bond donors (Lipinski definition) is 2. The second-order valence-corrected chi connectivity index (χ2v) is 6.22. The van der Waals surface area contributed by atoms with Crippen LogP contribution in [0.15, 0.2) is 24.3 Å². The first-order chi connectivity index (χ1) is 10.7. The number of halogens is 5. The van der Waals surface area contributed by atoms with E-state index < -0.39 is 17.4 Å². The molecule has 2 rings (SSSR count). The largest absolute Gasteiger partial charge is 0.478 e. The van der Waals surface area contributed by atoms with E-state index in [1.54, 1.807) is 12.1 Å². The van der Waals surface area contributed by atoms with Gasteiger partial charge in [0.25, 0.3) is 5.91 Å². The van der Waals surface area contributed by atoms with Crippen LogP contribution in [0.4, 0.5) is 5.69 Å². The maximum Gasteiger partial charge on any atom is 0.338 e. The van der Waals surface area contributed by atoms with Crippen LogP contribution < -0.4 is 5.32 Å². The summed E-state index contributed by atoms with van der Waals surface area (Å²) >= 11 is 29.3. The van der Waals surface area contributed by atoms with Gasteiger partial charge in [-0.05, 0) is 24.3 Å². The van der Waals surface area contributed by atoms with Crippen molar-refractivity contribution in [1.29, 1.82) is 0 Å². The molecule has 0 saturated carbocycles. The Kier molecular flexibility index (Phi) is 5.65. The zero-order valence-corrected chi connectivity index (χ0v) is 14.7. The molecule has 1 amide bonds. The molecule has 0 radical (unpaired) electrons. The molecule has 0 heterocycles. The molecule has 2 aromatic carbocycles. The first kappa shape index (κ1) is 18.2. The van der Waals surface area contributed by atoms with Gasteiger partial charge in [-0.25, -0.2) is 4.79 Å². The summed E-state index contributed by atoms with van der Waals surface area (Å²) in [6.45, 7) is 0. The summed E-state index contributed by atoms with van der Waals surface area (Å²) in [6, 6.07) is 6.18. The van der Waals surface area contributed by atoms with Gasteiger partial charge in [-0.1, -0.05) is 58.0 Å². The van der Waals surface area contributed by atoms with Gasteiger partial charge in [0.05, 0.1) is 31.2 Å². The van der Waals surface area contributed by atoms with Crippen molar-refractivity contribution in [3.05, 3.63) is 60.5 Å².